The summed E-state index contributed by atoms with van der Waals surface area (Å²) in [6.07, 6.45) is 0. The molecule has 0 unspecified atom stereocenters. The minimum absolute atomic E-state index is 0.143. The molecule has 0 radical (unpaired) electrons. The number of phenolic OH excluding ortho intramolecular Hbond substituents is 2. The van der Waals surface area contributed by atoms with Crippen LogP contribution in [-0.2, 0) is 10.1 Å². The van der Waals surface area contributed by atoms with Crippen LogP contribution in [0.2, 0.25) is 0 Å². The summed E-state index contributed by atoms with van der Waals surface area (Å²) < 4.78 is 32.9. The van der Waals surface area contributed by atoms with Gasteiger partial charge in [0, 0.05) is 23.2 Å². The van der Waals surface area contributed by atoms with Crippen molar-refractivity contribution in [1.82, 2.24) is 0 Å². The number of benzene rings is 3. The quantitative estimate of drug-likeness (QED) is 0.167. The lowest BCUT2D eigenvalue weighted by atomic mass is 10.1. The Morgan fingerprint density at radius 3 is 2.39 bits per heavy atom. The average Bonchev–Trinajstić information content (AvgIpc) is 2.61. The van der Waals surface area contributed by atoms with Crippen LogP contribution in [0.25, 0.3) is 10.8 Å². The first-order valence-corrected chi connectivity index (χ1v) is 8.94. The van der Waals surface area contributed by atoms with Crippen molar-refractivity contribution >= 4 is 43.6 Å². The molecule has 0 atom stereocenters. The van der Waals surface area contributed by atoms with E-state index in [4.69, 9.17) is 5.73 Å². The molecule has 12 heteroatoms. The minimum atomic E-state index is -4.81. The van der Waals surface area contributed by atoms with Gasteiger partial charge in [-0.15, -0.1) is 10.2 Å². The van der Waals surface area contributed by atoms with Crippen LogP contribution in [0.1, 0.15) is 0 Å². The number of azo groups is 1. The summed E-state index contributed by atoms with van der Waals surface area (Å²) in [6.45, 7) is 0. The number of nitrogens with zero attached hydrogens (tertiary/aromatic N) is 3. The van der Waals surface area contributed by atoms with E-state index in [9.17, 15) is 33.3 Å². The molecule has 3 rings (SSSR count). The lowest BCUT2D eigenvalue weighted by Crippen LogP contribution is -1.99. The van der Waals surface area contributed by atoms with Crippen LogP contribution < -0.4 is 5.73 Å². The second-order valence-electron chi connectivity index (χ2n) is 5.66. The Hall–Kier alpha value is -3.77. The summed E-state index contributed by atoms with van der Waals surface area (Å²) in [7, 11) is -4.81. The molecule has 11 nitrogen and oxygen atoms in total. The van der Waals surface area contributed by atoms with Crippen molar-refractivity contribution in [1.29, 1.82) is 0 Å². The maximum atomic E-state index is 11.7. The number of aromatic hydroxyl groups is 2. The normalized spacial score (nSPS) is 11.9. The Balaban J connectivity index is 2.25. The van der Waals surface area contributed by atoms with E-state index in [1.54, 1.807) is 0 Å². The first kappa shape index (κ1) is 19.0. The van der Waals surface area contributed by atoms with Crippen molar-refractivity contribution < 1.29 is 28.1 Å². The third-order valence-corrected chi connectivity index (χ3v) is 4.65. The van der Waals surface area contributed by atoms with Crippen LogP contribution in [-0.4, -0.2) is 28.1 Å². The van der Waals surface area contributed by atoms with Crippen LogP contribution >= 0.6 is 0 Å². The highest BCUT2D eigenvalue weighted by molar-refractivity contribution is 7.86. The van der Waals surface area contributed by atoms with Gasteiger partial charge in [0.15, 0.2) is 5.75 Å². The van der Waals surface area contributed by atoms with Gasteiger partial charge in [0.25, 0.3) is 15.8 Å². The fourth-order valence-electron chi connectivity index (χ4n) is 2.46. The zero-order chi connectivity index (χ0) is 20.6. The van der Waals surface area contributed by atoms with Crippen molar-refractivity contribution in [2.24, 2.45) is 10.2 Å². The summed E-state index contributed by atoms with van der Waals surface area (Å²) >= 11 is 0. The molecule has 0 bridgehead atoms. The van der Waals surface area contributed by atoms with Crippen molar-refractivity contribution in [2.45, 2.75) is 4.90 Å². The molecule has 0 amide bonds. The van der Waals surface area contributed by atoms with Gasteiger partial charge in [-0.2, -0.15) is 8.42 Å². The SMILES string of the molecule is Nc1ccc2cc(S(=O)(=O)O)c(N=Nc3cc([N+](=O)[O-])ccc3O)c(O)c2c1. The fraction of sp³-hybridized carbons (Fsp3) is 0. The van der Waals surface area contributed by atoms with Crippen molar-refractivity contribution in [2.75, 3.05) is 5.73 Å². The zero-order valence-corrected chi connectivity index (χ0v) is 14.7. The van der Waals surface area contributed by atoms with Crippen molar-refractivity contribution in [3.63, 3.8) is 0 Å². The molecular weight excluding hydrogens is 392 g/mol. The fourth-order valence-corrected chi connectivity index (χ4v) is 3.12. The molecular formula is C16H12N4O7S. The average molecular weight is 404 g/mol. The molecule has 0 aliphatic heterocycles. The van der Waals surface area contributed by atoms with Gasteiger partial charge in [0.1, 0.15) is 22.0 Å². The highest BCUT2D eigenvalue weighted by atomic mass is 32.2. The maximum Gasteiger partial charge on any atom is 0.296 e. The standard InChI is InChI=1S/C16H12N4O7S/c17-9-2-1-8-5-14(28(25,26)27)15(16(22)11(8)6-9)19-18-12-7-10(20(23)24)3-4-13(12)21/h1-7,21-22H,17H2,(H,25,26,27). The largest absolute Gasteiger partial charge is 0.506 e. The maximum absolute atomic E-state index is 11.7. The molecule has 0 saturated heterocycles. The first-order chi connectivity index (χ1) is 13.1. The molecule has 3 aromatic rings. The van der Waals surface area contributed by atoms with Crippen LogP contribution in [0.5, 0.6) is 11.5 Å². The molecule has 0 fully saturated rings. The Morgan fingerprint density at radius 1 is 1.04 bits per heavy atom. The van der Waals surface area contributed by atoms with Crippen molar-refractivity contribution in [3.05, 3.63) is 52.6 Å². The number of nitro groups is 1. The number of nitro benzene ring substituents is 1. The second kappa shape index (κ2) is 6.75. The van der Waals surface area contributed by atoms with Gasteiger partial charge in [0.05, 0.1) is 4.92 Å². The number of non-ortho nitro benzene ring substituents is 1. The molecule has 0 aliphatic carbocycles. The number of hydrogen-bond donors (Lipinski definition) is 4. The minimum Gasteiger partial charge on any atom is -0.506 e. The Kier molecular flexibility index (Phi) is 4.58. The number of anilines is 1. The van der Waals surface area contributed by atoms with Crippen molar-refractivity contribution in [3.8, 4) is 11.5 Å². The summed E-state index contributed by atoms with van der Waals surface area (Å²) in [5, 5.41) is 38.7. The summed E-state index contributed by atoms with van der Waals surface area (Å²) in [5.74, 6) is -1.10. The smallest absolute Gasteiger partial charge is 0.296 e. The van der Waals surface area contributed by atoms with E-state index in [1.165, 1.54) is 18.2 Å². The van der Waals surface area contributed by atoms with E-state index in [1.807, 2.05) is 0 Å². The van der Waals surface area contributed by atoms with Gasteiger partial charge < -0.3 is 15.9 Å². The van der Waals surface area contributed by atoms with Gasteiger partial charge in [-0.25, -0.2) is 0 Å². The Bertz CT molecular complexity index is 1260. The van der Waals surface area contributed by atoms with Crippen LogP contribution in [0.15, 0.2) is 57.6 Å². The topological polar surface area (TPSA) is 189 Å². The second-order valence-corrected chi connectivity index (χ2v) is 7.05. The first-order valence-electron chi connectivity index (χ1n) is 7.50. The monoisotopic (exact) mass is 404 g/mol. The van der Waals surface area contributed by atoms with Crippen LogP contribution in [0.4, 0.5) is 22.7 Å². The summed E-state index contributed by atoms with van der Waals surface area (Å²) in [6, 6.07) is 8.28. The van der Waals surface area contributed by atoms with Crippen LogP contribution in [0.3, 0.4) is 0 Å². The molecule has 144 valence electrons. The number of hydrogen-bond acceptors (Lipinski definition) is 9. The van der Waals surface area contributed by atoms with Gasteiger partial charge in [0.2, 0.25) is 0 Å². The molecule has 5 N–H and O–H groups in total. The lowest BCUT2D eigenvalue weighted by molar-refractivity contribution is -0.384. The molecule has 0 aromatic heterocycles. The van der Waals surface area contributed by atoms with Gasteiger partial charge >= 0.3 is 0 Å². The lowest BCUT2D eigenvalue weighted by Gasteiger charge is -2.09. The zero-order valence-electron chi connectivity index (χ0n) is 13.8. The molecule has 3 aromatic carbocycles. The number of nitrogen functional groups attached to an aromatic ring is 1. The van der Waals surface area contributed by atoms with Crippen LogP contribution in [0, 0.1) is 10.1 Å². The third-order valence-electron chi connectivity index (χ3n) is 3.78. The number of nitrogens with two attached hydrogens (primary N) is 1. The van der Waals surface area contributed by atoms with Gasteiger partial charge in [-0.1, -0.05) is 6.07 Å². The number of phenols is 2. The van der Waals surface area contributed by atoms with Gasteiger partial charge in [-0.3, -0.25) is 14.7 Å². The van der Waals surface area contributed by atoms with E-state index in [-0.39, 0.29) is 22.1 Å². The molecule has 28 heavy (non-hydrogen) atoms. The summed E-state index contributed by atoms with van der Waals surface area (Å²) in [4.78, 5) is 9.38. The highest BCUT2D eigenvalue weighted by Crippen LogP contribution is 2.42. The molecule has 0 spiro atoms. The van der Waals surface area contributed by atoms with Gasteiger partial charge in [-0.05, 0) is 29.7 Å². The Labute approximate surface area is 157 Å². The van der Waals surface area contributed by atoms with E-state index >= 15 is 0 Å². The predicted molar refractivity (Wildman–Crippen MR) is 98.8 cm³/mol. The molecule has 0 saturated carbocycles. The van der Waals surface area contributed by atoms with E-state index < -0.39 is 42.8 Å². The Morgan fingerprint density at radius 2 is 1.75 bits per heavy atom. The molecule has 0 heterocycles. The third kappa shape index (κ3) is 3.54. The van der Waals surface area contributed by atoms with E-state index in [2.05, 4.69) is 10.2 Å². The predicted octanol–water partition coefficient (Wildman–Crippen LogP) is 3.40. The van der Waals surface area contributed by atoms with E-state index in [0.29, 0.717) is 0 Å². The number of rotatable bonds is 4. The molecule has 0 aliphatic rings. The number of fused-ring (bicyclic) bond motifs is 1. The summed E-state index contributed by atoms with van der Waals surface area (Å²) in [5.41, 5.74) is 4.59. The van der Waals surface area contributed by atoms with E-state index in [0.717, 1.165) is 24.3 Å². The highest BCUT2D eigenvalue weighted by Gasteiger charge is 2.22.